The summed E-state index contributed by atoms with van der Waals surface area (Å²) in [6.45, 7) is 9.45. The third-order valence-electron chi connectivity index (χ3n) is 7.61. The summed E-state index contributed by atoms with van der Waals surface area (Å²) in [6, 6.07) is 6.34. The number of nitrogens with zero attached hydrogens (tertiary/aromatic N) is 2. The second-order valence-electron chi connectivity index (χ2n) is 10.6. The van der Waals surface area contributed by atoms with Crippen molar-refractivity contribution in [2.24, 2.45) is 11.1 Å². The number of benzene rings is 1. The minimum atomic E-state index is -0.420. The van der Waals surface area contributed by atoms with Gasteiger partial charge in [0.1, 0.15) is 0 Å². The van der Waals surface area contributed by atoms with Gasteiger partial charge in [-0.1, -0.05) is 13.8 Å². The molecular formula is C26H34N4O2. The van der Waals surface area contributed by atoms with E-state index in [1.807, 2.05) is 12.1 Å². The van der Waals surface area contributed by atoms with Gasteiger partial charge in [0, 0.05) is 47.3 Å². The van der Waals surface area contributed by atoms with Gasteiger partial charge in [-0.25, -0.2) is 0 Å². The van der Waals surface area contributed by atoms with Crippen LogP contribution in [-0.2, 0) is 12.8 Å². The van der Waals surface area contributed by atoms with Crippen molar-refractivity contribution in [3.63, 3.8) is 0 Å². The maximum atomic E-state index is 13.2. The van der Waals surface area contributed by atoms with E-state index < -0.39 is 5.91 Å². The highest BCUT2D eigenvalue weighted by Crippen LogP contribution is 2.41. The van der Waals surface area contributed by atoms with Gasteiger partial charge in [0.2, 0.25) is 0 Å². The Morgan fingerprint density at radius 3 is 2.72 bits per heavy atom. The van der Waals surface area contributed by atoms with Crippen LogP contribution in [0.25, 0.3) is 5.69 Å². The van der Waals surface area contributed by atoms with Crippen molar-refractivity contribution < 1.29 is 9.59 Å². The molecule has 2 aliphatic heterocycles. The van der Waals surface area contributed by atoms with Crippen molar-refractivity contribution in [1.29, 1.82) is 0 Å². The molecule has 1 unspecified atom stereocenters. The van der Waals surface area contributed by atoms with E-state index in [1.54, 1.807) is 0 Å². The summed E-state index contributed by atoms with van der Waals surface area (Å²) in [7, 11) is 0. The number of nitrogens with one attached hydrogen (secondary N) is 1. The molecule has 0 spiro atoms. The van der Waals surface area contributed by atoms with Gasteiger partial charge in [0.15, 0.2) is 5.78 Å². The summed E-state index contributed by atoms with van der Waals surface area (Å²) in [4.78, 5) is 27.9. The van der Waals surface area contributed by atoms with Crippen LogP contribution < -0.4 is 11.1 Å². The number of Topliss-reactive ketones (excluding diaryl/α,β-unsaturated/α-hetero) is 1. The molecule has 32 heavy (non-hydrogen) atoms. The number of carbonyl (C=O) groups is 2. The number of fused-ring (bicyclic) bond motifs is 7. The van der Waals surface area contributed by atoms with E-state index in [0.29, 0.717) is 18.0 Å². The van der Waals surface area contributed by atoms with Gasteiger partial charge in [-0.2, -0.15) is 0 Å². The minimum Gasteiger partial charge on any atom is -0.383 e. The Kier molecular flexibility index (Phi) is 5.16. The van der Waals surface area contributed by atoms with E-state index in [0.717, 1.165) is 67.1 Å². The molecule has 1 amide bonds. The zero-order valence-corrected chi connectivity index (χ0v) is 19.5. The van der Waals surface area contributed by atoms with Crippen molar-refractivity contribution in [3.8, 4) is 5.69 Å². The highest BCUT2D eigenvalue weighted by Gasteiger charge is 2.37. The lowest BCUT2D eigenvalue weighted by Crippen LogP contribution is -2.36. The molecule has 3 N–H and O–H groups in total. The molecule has 1 aromatic heterocycles. The predicted molar refractivity (Wildman–Crippen MR) is 127 cm³/mol. The van der Waals surface area contributed by atoms with Crippen molar-refractivity contribution >= 4 is 17.4 Å². The lowest BCUT2D eigenvalue weighted by molar-refractivity contribution is 0.0909. The molecule has 170 valence electrons. The van der Waals surface area contributed by atoms with Crippen molar-refractivity contribution in [2.45, 2.75) is 65.3 Å². The maximum absolute atomic E-state index is 13.2. The number of rotatable bonds is 1. The fraction of sp³-hybridized carbons (Fsp3) is 0.538. The molecule has 1 fully saturated rings. The fourth-order valence-corrected chi connectivity index (χ4v) is 6.12. The molecule has 2 bridgehead atoms. The van der Waals surface area contributed by atoms with Crippen LogP contribution in [-0.4, -0.2) is 46.8 Å². The fourth-order valence-electron chi connectivity index (χ4n) is 6.12. The first-order valence-electron chi connectivity index (χ1n) is 11.9. The van der Waals surface area contributed by atoms with Crippen molar-refractivity contribution in [3.05, 3.63) is 46.3 Å². The lowest BCUT2D eigenvalue weighted by Gasteiger charge is -2.30. The van der Waals surface area contributed by atoms with E-state index in [1.165, 1.54) is 18.5 Å². The monoisotopic (exact) mass is 434 g/mol. The van der Waals surface area contributed by atoms with Crippen LogP contribution in [0.15, 0.2) is 18.2 Å². The second-order valence-corrected chi connectivity index (χ2v) is 10.6. The minimum absolute atomic E-state index is 0.0631. The van der Waals surface area contributed by atoms with Crippen LogP contribution in [0.1, 0.15) is 77.2 Å². The normalized spacial score (nSPS) is 22.7. The molecule has 1 saturated heterocycles. The van der Waals surface area contributed by atoms with Crippen LogP contribution in [0.5, 0.6) is 0 Å². The molecule has 3 aliphatic rings. The first-order valence-corrected chi connectivity index (χ1v) is 11.9. The molecule has 1 atom stereocenters. The Morgan fingerprint density at radius 2 is 1.94 bits per heavy atom. The largest absolute Gasteiger partial charge is 0.383 e. The highest BCUT2D eigenvalue weighted by atomic mass is 16.1. The molecule has 3 heterocycles. The average molecular weight is 435 g/mol. The number of nitrogens with two attached hydrogens (primary N) is 1. The third-order valence-corrected chi connectivity index (χ3v) is 7.61. The number of hydrogen-bond donors (Lipinski definition) is 2. The van der Waals surface area contributed by atoms with Gasteiger partial charge in [-0.15, -0.1) is 0 Å². The molecule has 2 aromatic rings. The van der Waals surface area contributed by atoms with Crippen LogP contribution in [0.3, 0.4) is 0 Å². The third kappa shape index (κ3) is 3.54. The summed E-state index contributed by atoms with van der Waals surface area (Å²) in [6.07, 6.45) is 5.85. The number of anilines is 1. The van der Waals surface area contributed by atoms with E-state index in [9.17, 15) is 9.59 Å². The quantitative estimate of drug-likeness (QED) is 0.714. The molecule has 1 aromatic carbocycles. The van der Waals surface area contributed by atoms with E-state index in [4.69, 9.17) is 5.73 Å². The number of aromatic nitrogens is 1. The van der Waals surface area contributed by atoms with Crippen LogP contribution in [0.2, 0.25) is 0 Å². The number of ketones is 1. The summed E-state index contributed by atoms with van der Waals surface area (Å²) < 4.78 is 2.31. The van der Waals surface area contributed by atoms with Crippen LogP contribution in [0, 0.1) is 12.3 Å². The second kappa shape index (κ2) is 7.77. The van der Waals surface area contributed by atoms with Crippen LogP contribution >= 0.6 is 0 Å². The number of carbonyl (C=O) groups excluding carboxylic acids is 2. The molecular weight excluding hydrogens is 400 g/mol. The number of amides is 1. The number of primary amides is 1. The van der Waals surface area contributed by atoms with Gasteiger partial charge >= 0.3 is 0 Å². The predicted octanol–water partition coefficient (Wildman–Crippen LogP) is 3.86. The molecule has 6 nitrogen and oxygen atoms in total. The van der Waals surface area contributed by atoms with E-state index in [-0.39, 0.29) is 11.2 Å². The molecule has 1 aliphatic carbocycles. The van der Waals surface area contributed by atoms with Crippen LogP contribution in [0.4, 0.5) is 5.69 Å². The topological polar surface area (TPSA) is 80.4 Å². The summed E-state index contributed by atoms with van der Waals surface area (Å²) in [5.41, 5.74) is 12.4. The van der Waals surface area contributed by atoms with Gasteiger partial charge < -0.3 is 15.6 Å². The average Bonchev–Trinajstić information content (AvgIpc) is 3.26. The van der Waals surface area contributed by atoms with Crippen molar-refractivity contribution in [1.82, 2.24) is 9.47 Å². The zero-order valence-electron chi connectivity index (χ0n) is 19.5. The molecule has 0 saturated carbocycles. The lowest BCUT2D eigenvalue weighted by atomic mass is 9.75. The first kappa shape index (κ1) is 21.3. The molecule has 6 heteroatoms. The first-order chi connectivity index (χ1) is 15.2. The maximum Gasteiger partial charge on any atom is 0.250 e. The van der Waals surface area contributed by atoms with E-state index in [2.05, 4.69) is 41.6 Å². The highest BCUT2D eigenvalue weighted by molar-refractivity contribution is 6.01. The Bertz CT molecular complexity index is 1100. The SMILES string of the molecule is Cc1c2c(n3c1CCCN1CCCC1CNc1cc-3ccc1C(N)=O)CC(C)(C)CC2=O. The van der Waals surface area contributed by atoms with Gasteiger partial charge in [-0.3, -0.25) is 14.5 Å². The summed E-state index contributed by atoms with van der Waals surface area (Å²) in [5, 5.41) is 3.54. The smallest absolute Gasteiger partial charge is 0.250 e. The molecule has 0 radical (unpaired) electrons. The summed E-state index contributed by atoms with van der Waals surface area (Å²) >= 11 is 0. The van der Waals surface area contributed by atoms with E-state index >= 15 is 0 Å². The Morgan fingerprint density at radius 1 is 1.16 bits per heavy atom. The zero-order chi connectivity index (χ0) is 22.6. The van der Waals surface area contributed by atoms with Gasteiger partial charge in [-0.05, 0) is 81.3 Å². The summed E-state index contributed by atoms with van der Waals surface area (Å²) in [5.74, 6) is -0.165. The van der Waals surface area contributed by atoms with Gasteiger partial charge in [0.25, 0.3) is 5.91 Å². The Labute approximate surface area is 190 Å². The number of hydrogen-bond acceptors (Lipinski definition) is 4. The standard InChI is InChI=1S/C26H34N4O2/c1-16-21-7-5-11-29-10-4-6-18(29)15-28-20-12-17(8-9-19(20)25(27)32)30(21)22-13-26(2,3)14-23(31)24(16)22/h8-9,12,18,28H,4-7,10-11,13-15H2,1-3H3,(H2,27,32). The van der Waals surface area contributed by atoms with Crippen molar-refractivity contribution in [2.75, 3.05) is 25.0 Å². The molecule has 5 rings (SSSR count). The Hall–Kier alpha value is -2.60. The van der Waals surface area contributed by atoms with Gasteiger partial charge in [0.05, 0.1) is 5.56 Å². The Balaban J connectivity index is 1.70.